The molecule has 2 aromatic carbocycles. The second-order valence-corrected chi connectivity index (χ2v) is 8.13. The van der Waals surface area contributed by atoms with Crippen molar-refractivity contribution in [3.05, 3.63) is 71.8 Å². The lowest BCUT2D eigenvalue weighted by Gasteiger charge is -2.52. The number of ether oxygens (including phenoxy) is 3. The Bertz CT molecular complexity index is 645. The van der Waals surface area contributed by atoms with Gasteiger partial charge in [-0.05, 0) is 24.0 Å². The smallest absolute Gasteiger partial charge is 0.0933 e. The molecule has 0 aromatic heterocycles. The zero-order chi connectivity index (χ0) is 18.7. The van der Waals surface area contributed by atoms with Crippen LogP contribution in [0.1, 0.15) is 50.0 Å². The van der Waals surface area contributed by atoms with Crippen LogP contribution >= 0.6 is 0 Å². The van der Waals surface area contributed by atoms with E-state index in [1.54, 1.807) is 0 Å². The van der Waals surface area contributed by atoms with Gasteiger partial charge >= 0.3 is 0 Å². The maximum Gasteiger partial charge on any atom is 0.0933 e. The monoisotopic (exact) mass is 366 g/mol. The lowest BCUT2D eigenvalue weighted by atomic mass is 9.72. The summed E-state index contributed by atoms with van der Waals surface area (Å²) < 4.78 is 18.4. The van der Waals surface area contributed by atoms with Crippen LogP contribution in [0.15, 0.2) is 60.7 Å². The van der Waals surface area contributed by atoms with E-state index in [1.165, 1.54) is 11.1 Å². The molecule has 4 rings (SSSR count). The molecule has 0 amide bonds. The zero-order valence-corrected chi connectivity index (χ0v) is 16.4. The van der Waals surface area contributed by atoms with Crippen LogP contribution in [-0.4, -0.2) is 26.4 Å². The van der Waals surface area contributed by atoms with E-state index in [2.05, 4.69) is 74.5 Å². The Balaban J connectivity index is 1.72. The van der Waals surface area contributed by atoms with Crippen molar-refractivity contribution >= 4 is 0 Å². The van der Waals surface area contributed by atoms with Gasteiger partial charge in [0.25, 0.3) is 0 Å². The van der Waals surface area contributed by atoms with Crippen molar-refractivity contribution in [3.63, 3.8) is 0 Å². The Morgan fingerprint density at radius 3 is 1.33 bits per heavy atom. The Kier molecular flexibility index (Phi) is 5.36. The fourth-order valence-electron chi connectivity index (χ4n) is 4.35. The van der Waals surface area contributed by atoms with Crippen LogP contribution in [0.3, 0.4) is 0 Å². The molecule has 2 aromatic rings. The molecule has 0 saturated carbocycles. The molecule has 0 bridgehead atoms. The first-order chi connectivity index (χ1) is 13.2. The molecule has 0 aliphatic carbocycles. The first kappa shape index (κ1) is 18.7. The molecule has 3 nitrogen and oxygen atoms in total. The third-order valence-corrected chi connectivity index (χ3v) is 6.56. The summed E-state index contributed by atoms with van der Waals surface area (Å²) in [6, 6.07) is 21.3. The highest BCUT2D eigenvalue weighted by Crippen LogP contribution is 2.53. The molecule has 2 atom stereocenters. The third kappa shape index (κ3) is 3.33. The van der Waals surface area contributed by atoms with Crippen LogP contribution < -0.4 is 0 Å². The van der Waals surface area contributed by atoms with Crippen LogP contribution in [0.25, 0.3) is 0 Å². The van der Waals surface area contributed by atoms with Gasteiger partial charge in [0.05, 0.1) is 38.6 Å². The molecule has 2 heterocycles. The van der Waals surface area contributed by atoms with Gasteiger partial charge in [-0.2, -0.15) is 0 Å². The van der Waals surface area contributed by atoms with E-state index in [-0.39, 0.29) is 23.0 Å². The maximum absolute atomic E-state index is 7.06. The van der Waals surface area contributed by atoms with Crippen molar-refractivity contribution in [1.82, 2.24) is 0 Å². The van der Waals surface area contributed by atoms with Gasteiger partial charge in [0.1, 0.15) is 0 Å². The Morgan fingerprint density at radius 1 is 0.704 bits per heavy atom. The minimum atomic E-state index is 0.0201. The molecule has 2 aliphatic heterocycles. The van der Waals surface area contributed by atoms with E-state index in [0.717, 1.165) is 39.3 Å². The first-order valence-corrected chi connectivity index (χ1v) is 10.1. The Morgan fingerprint density at radius 2 is 1.07 bits per heavy atom. The first-order valence-electron chi connectivity index (χ1n) is 10.1. The van der Waals surface area contributed by atoms with Crippen LogP contribution in [0.4, 0.5) is 0 Å². The van der Waals surface area contributed by atoms with Crippen molar-refractivity contribution in [1.29, 1.82) is 0 Å². The number of benzene rings is 2. The summed E-state index contributed by atoms with van der Waals surface area (Å²) in [5.41, 5.74) is 2.59. The SMILES string of the molecule is CCC1(C(OC(c2ccccc2)C2(CC)COC2)c2ccccc2)COC1. The van der Waals surface area contributed by atoms with Gasteiger partial charge in [-0.3, -0.25) is 0 Å². The molecule has 0 spiro atoms. The molecule has 0 radical (unpaired) electrons. The molecular weight excluding hydrogens is 336 g/mol. The lowest BCUT2D eigenvalue weighted by Crippen LogP contribution is -2.52. The fourth-order valence-corrected chi connectivity index (χ4v) is 4.35. The predicted octanol–water partition coefficient (Wildman–Crippen LogP) is 5.34. The molecule has 3 heteroatoms. The molecule has 2 unspecified atom stereocenters. The zero-order valence-electron chi connectivity index (χ0n) is 16.4. The van der Waals surface area contributed by atoms with Crippen molar-refractivity contribution in [2.75, 3.05) is 26.4 Å². The molecular formula is C24H30O3. The number of hydrogen-bond acceptors (Lipinski definition) is 3. The van der Waals surface area contributed by atoms with Crippen molar-refractivity contribution < 1.29 is 14.2 Å². The third-order valence-electron chi connectivity index (χ3n) is 6.56. The normalized spacial score (nSPS) is 22.3. The highest BCUT2D eigenvalue weighted by molar-refractivity contribution is 5.25. The van der Waals surface area contributed by atoms with Gasteiger partial charge in [-0.25, -0.2) is 0 Å². The summed E-state index contributed by atoms with van der Waals surface area (Å²) in [4.78, 5) is 0. The molecule has 27 heavy (non-hydrogen) atoms. The van der Waals surface area contributed by atoms with Gasteiger partial charge in [0.2, 0.25) is 0 Å². The van der Waals surface area contributed by atoms with Crippen LogP contribution in [-0.2, 0) is 14.2 Å². The molecule has 0 N–H and O–H groups in total. The minimum Gasteiger partial charge on any atom is -0.380 e. The highest BCUT2D eigenvalue weighted by atomic mass is 16.5. The molecule has 2 fully saturated rings. The summed E-state index contributed by atoms with van der Waals surface area (Å²) in [5.74, 6) is 0. The summed E-state index contributed by atoms with van der Waals surface area (Å²) in [5, 5.41) is 0. The van der Waals surface area contributed by atoms with Crippen LogP contribution in [0.2, 0.25) is 0 Å². The summed E-state index contributed by atoms with van der Waals surface area (Å²) >= 11 is 0. The van der Waals surface area contributed by atoms with Crippen molar-refractivity contribution in [2.45, 2.75) is 38.9 Å². The molecule has 144 valence electrons. The van der Waals surface area contributed by atoms with Crippen LogP contribution in [0.5, 0.6) is 0 Å². The van der Waals surface area contributed by atoms with Gasteiger partial charge in [0.15, 0.2) is 0 Å². The van der Waals surface area contributed by atoms with Gasteiger partial charge in [-0.15, -0.1) is 0 Å². The summed E-state index contributed by atoms with van der Waals surface area (Å²) in [6.45, 7) is 7.56. The lowest BCUT2D eigenvalue weighted by molar-refractivity contribution is -0.254. The van der Waals surface area contributed by atoms with E-state index >= 15 is 0 Å². The van der Waals surface area contributed by atoms with Gasteiger partial charge in [0, 0.05) is 10.8 Å². The van der Waals surface area contributed by atoms with Crippen molar-refractivity contribution in [3.8, 4) is 0 Å². The van der Waals surface area contributed by atoms with Crippen LogP contribution in [0, 0.1) is 10.8 Å². The van der Waals surface area contributed by atoms with Crippen molar-refractivity contribution in [2.24, 2.45) is 10.8 Å². The van der Waals surface area contributed by atoms with E-state index in [1.807, 2.05) is 0 Å². The molecule has 2 aliphatic rings. The topological polar surface area (TPSA) is 27.7 Å². The van der Waals surface area contributed by atoms with E-state index in [4.69, 9.17) is 14.2 Å². The van der Waals surface area contributed by atoms with E-state index < -0.39 is 0 Å². The number of rotatable bonds is 8. The van der Waals surface area contributed by atoms with Gasteiger partial charge in [-0.1, -0.05) is 74.5 Å². The molecule has 2 saturated heterocycles. The summed E-state index contributed by atoms with van der Waals surface area (Å²) in [6.07, 6.45) is 2.13. The Labute approximate surface area is 162 Å². The minimum absolute atomic E-state index is 0.0201. The quantitative estimate of drug-likeness (QED) is 0.631. The standard InChI is InChI=1S/C24H30O3/c1-3-23(15-25-16-23)21(19-11-7-5-8-12-19)27-22(20-13-9-6-10-14-20)24(4-2)17-26-18-24/h5-14,21-22H,3-4,15-18H2,1-2H3. The predicted molar refractivity (Wildman–Crippen MR) is 107 cm³/mol. The second kappa shape index (κ2) is 7.75. The van der Waals surface area contributed by atoms with Gasteiger partial charge < -0.3 is 14.2 Å². The number of hydrogen-bond donors (Lipinski definition) is 0. The Hall–Kier alpha value is -1.68. The highest BCUT2D eigenvalue weighted by Gasteiger charge is 2.51. The largest absolute Gasteiger partial charge is 0.380 e. The second-order valence-electron chi connectivity index (χ2n) is 8.13. The summed E-state index contributed by atoms with van der Waals surface area (Å²) in [7, 11) is 0. The van der Waals surface area contributed by atoms with E-state index in [0.29, 0.717) is 0 Å². The van der Waals surface area contributed by atoms with E-state index in [9.17, 15) is 0 Å². The fraction of sp³-hybridized carbons (Fsp3) is 0.500. The maximum atomic E-state index is 7.06. The average Bonchev–Trinajstić information content (AvgIpc) is 2.66. The average molecular weight is 367 g/mol.